The summed E-state index contributed by atoms with van der Waals surface area (Å²) in [5, 5.41) is 3.51. The van der Waals surface area contributed by atoms with Gasteiger partial charge >= 0.3 is 0 Å². The number of rotatable bonds is 10. The molecule has 41 heavy (non-hydrogen) atoms. The predicted octanol–water partition coefficient (Wildman–Crippen LogP) is 6.02. The van der Waals surface area contributed by atoms with Gasteiger partial charge in [0.1, 0.15) is 12.6 Å². The molecule has 2 amide bonds. The highest BCUT2D eigenvalue weighted by molar-refractivity contribution is 7.92. The average molecular weight is 596 g/mol. The molecule has 0 aromatic heterocycles. The highest BCUT2D eigenvalue weighted by atomic mass is 35.5. The highest BCUT2D eigenvalue weighted by Gasteiger charge is 2.34. The molecule has 0 aliphatic heterocycles. The molecule has 9 heteroatoms. The van der Waals surface area contributed by atoms with Crippen molar-refractivity contribution in [3.63, 3.8) is 0 Å². The molecule has 0 spiro atoms. The number of hydrogen-bond acceptors (Lipinski definition) is 4. The number of amides is 2. The Morgan fingerprint density at radius 3 is 2.24 bits per heavy atom. The molecule has 1 atom stereocenters. The van der Waals surface area contributed by atoms with Gasteiger partial charge in [-0.3, -0.25) is 13.9 Å². The first-order valence-electron chi connectivity index (χ1n) is 14.1. The van der Waals surface area contributed by atoms with E-state index in [0.29, 0.717) is 16.3 Å². The molecular formula is C32H38ClN3O4S. The summed E-state index contributed by atoms with van der Waals surface area (Å²) in [6.45, 7) is 4.96. The third-order valence-corrected chi connectivity index (χ3v) is 9.89. The lowest BCUT2D eigenvalue weighted by atomic mass is 9.95. The molecule has 1 aliphatic rings. The van der Waals surface area contributed by atoms with Crippen molar-refractivity contribution in [1.82, 2.24) is 10.2 Å². The van der Waals surface area contributed by atoms with Gasteiger partial charge in [0.05, 0.1) is 10.6 Å². The number of aryl methyl sites for hydroxylation is 1. The standard InChI is InChI=1S/C32H38ClN3O4S/c1-23-17-19-28(20-18-23)41(39,40)36(30-16-10-15-29(33)24(30)2)22-31(37)35(21-26-11-6-4-7-12-26)25(3)32(38)34-27-13-8-5-9-14-27/h4,6-7,10-12,15-20,25,27H,5,8-9,13-14,21-22H2,1-3H3,(H,34,38). The molecule has 0 bridgehead atoms. The number of nitrogens with zero attached hydrogens (tertiary/aromatic N) is 2. The summed E-state index contributed by atoms with van der Waals surface area (Å²) in [5.41, 5.74) is 2.60. The summed E-state index contributed by atoms with van der Waals surface area (Å²) < 4.78 is 29.1. The van der Waals surface area contributed by atoms with E-state index in [1.165, 1.54) is 17.0 Å². The van der Waals surface area contributed by atoms with Crippen molar-refractivity contribution < 1.29 is 18.0 Å². The Balaban J connectivity index is 1.69. The van der Waals surface area contributed by atoms with Gasteiger partial charge < -0.3 is 10.2 Å². The van der Waals surface area contributed by atoms with Crippen LogP contribution in [0.25, 0.3) is 0 Å². The van der Waals surface area contributed by atoms with Gasteiger partial charge in [0, 0.05) is 17.6 Å². The molecule has 3 aromatic rings. The number of carbonyl (C=O) groups is 2. The topological polar surface area (TPSA) is 86.8 Å². The zero-order chi connectivity index (χ0) is 29.6. The zero-order valence-corrected chi connectivity index (χ0v) is 25.4. The van der Waals surface area contributed by atoms with Crippen molar-refractivity contribution in [1.29, 1.82) is 0 Å². The van der Waals surface area contributed by atoms with Crippen LogP contribution in [0, 0.1) is 13.8 Å². The fourth-order valence-electron chi connectivity index (χ4n) is 5.15. The van der Waals surface area contributed by atoms with Gasteiger partial charge in [-0.2, -0.15) is 0 Å². The van der Waals surface area contributed by atoms with Crippen LogP contribution in [-0.2, 0) is 26.2 Å². The lowest BCUT2D eigenvalue weighted by Crippen LogP contribution is -2.53. The molecule has 1 fully saturated rings. The lowest BCUT2D eigenvalue weighted by Gasteiger charge is -2.33. The number of sulfonamides is 1. The third-order valence-electron chi connectivity index (χ3n) is 7.71. The van der Waals surface area contributed by atoms with Crippen molar-refractivity contribution in [3.8, 4) is 0 Å². The van der Waals surface area contributed by atoms with Crippen LogP contribution < -0.4 is 9.62 Å². The van der Waals surface area contributed by atoms with Gasteiger partial charge in [-0.1, -0.05) is 85.0 Å². The van der Waals surface area contributed by atoms with Crippen LogP contribution in [-0.4, -0.2) is 43.8 Å². The first-order valence-corrected chi connectivity index (χ1v) is 15.9. The van der Waals surface area contributed by atoms with Gasteiger partial charge in [0.15, 0.2) is 0 Å². The van der Waals surface area contributed by atoms with Crippen LogP contribution in [0.3, 0.4) is 0 Å². The second-order valence-corrected chi connectivity index (χ2v) is 13.0. The Morgan fingerprint density at radius 2 is 1.59 bits per heavy atom. The molecule has 0 radical (unpaired) electrons. The average Bonchev–Trinajstić information content (AvgIpc) is 2.97. The predicted molar refractivity (Wildman–Crippen MR) is 163 cm³/mol. The van der Waals surface area contributed by atoms with E-state index in [1.807, 2.05) is 37.3 Å². The number of hydrogen-bond donors (Lipinski definition) is 1. The van der Waals surface area contributed by atoms with Gasteiger partial charge in [0.25, 0.3) is 10.0 Å². The van der Waals surface area contributed by atoms with Crippen molar-refractivity contribution in [3.05, 3.63) is 94.5 Å². The SMILES string of the molecule is Cc1ccc(S(=O)(=O)N(CC(=O)N(Cc2ccccc2)C(C)C(=O)NC2CCCCC2)c2cccc(Cl)c2C)cc1. The lowest BCUT2D eigenvalue weighted by molar-refractivity contribution is -0.139. The number of anilines is 1. The Kier molecular flexibility index (Phi) is 10.1. The molecule has 0 heterocycles. The molecule has 7 nitrogen and oxygen atoms in total. The summed E-state index contributed by atoms with van der Waals surface area (Å²) >= 11 is 6.40. The van der Waals surface area contributed by atoms with E-state index in [4.69, 9.17) is 11.6 Å². The fourth-order valence-corrected chi connectivity index (χ4v) is 6.79. The third kappa shape index (κ3) is 7.49. The van der Waals surface area contributed by atoms with Crippen LogP contribution in [0.1, 0.15) is 55.7 Å². The summed E-state index contributed by atoms with van der Waals surface area (Å²) in [7, 11) is -4.15. The van der Waals surface area contributed by atoms with Crippen LogP contribution in [0.5, 0.6) is 0 Å². The van der Waals surface area contributed by atoms with Crippen LogP contribution in [0.4, 0.5) is 5.69 Å². The Hall–Kier alpha value is -3.36. The molecule has 0 saturated heterocycles. The summed E-state index contributed by atoms with van der Waals surface area (Å²) in [6.07, 6.45) is 5.13. The molecule has 1 unspecified atom stereocenters. The largest absolute Gasteiger partial charge is 0.352 e. The zero-order valence-electron chi connectivity index (χ0n) is 23.8. The van der Waals surface area contributed by atoms with Gasteiger partial charge in [-0.05, 0) is 69.0 Å². The van der Waals surface area contributed by atoms with Crippen LogP contribution in [0.15, 0.2) is 77.7 Å². The Morgan fingerprint density at radius 1 is 0.927 bits per heavy atom. The molecule has 1 saturated carbocycles. The fraction of sp³-hybridized carbons (Fsp3) is 0.375. The second-order valence-electron chi connectivity index (χ2n) is 10.7. The smallest absolute Gasteiger partial charge is 0.264 e. The second kappa shape index (κ2) is 13.5. The number of halogens is 1. The summed E-state index contributed by atoms with van der Waals surface area (Å²) in [6, 6.07) is 20.1. The summed E-state index contributed by atoms with van der Waals surface area (Å²) in [4.78, 5) is 29.0. The van der Waals surface area contributed by atoms with Crippen LogP contribution in [0.2, 0.25) is 5.02 Å². The number of nitrogens with one attached hydrogen (secondary N) is 1. The maximum absolute atomic E-state index is 14.1. The molecular weight excluding hydrogens is 558 g/mol. The number of carbonyl (C=O) groups excluding carboxylic acids is 2. The van der Waals surface area contributed by atoms with Crippen molar-refractivity contribution in [2.45, 2.75) is 76.4 Å². The monoisotopic (exact) mass is 595 g/mol. The van der Waals surface area contributed by atoms with Gasteiger partial charge in [-0.15, -0.1) is 0 Å². The minimum atomic E-state index is -4.15. The molecule has 3 aromatic carbocycles. The molecule has 1 aliphatic carbocycles. The highest BCUT2D eigenvalue weighted by Crippen LogP contribution is 2.31. The molecule has 1 N–H and O–H groups in total. The van der Waals surface area contributed by atoms with Crippen molar-refractivity contribution >= 4 is 39.1 Å². The first-order chi connectivity index (χ1) is 19.6. The van der Waals surface area contributed by atoms with E-state index < -0.39 is 28.5 Å². The Bertz CT molecular complexity index is 1460. The quantitative estimate of drug-likeness (QED) is 0.311. The first kappa shape index (κ1) is 30.6. The van der Waals surface area contributed by atoms with E-state index >= 15 is 0 Å². The summed E-state index contributed by atoms with van der Waals surface area (Å²) in [5.74, 6) is -0.733. The maximum atomic E-state index is 14.1. The Labute approximate surface area is 248 Å². The van der Waals surface area contributed by atoms with Gasteiger partial charge in [-0.25, -0.2) is 8.42 Å². The van der Waals surface area contributed by atoms with E-state index in [2.05, 4.69) is 5.32 Å². The van der Waals surface area contributed by atoms with E-state index in [-0.39, 0.29) is 23.4 Å². The van der Waals surface area contributed by atoms with E-state index in [1.54, 1.807) is 44.2 Å². The minimum Gasteiger partial charge on any atom is -0.352 e. The minimum absolute atomic E-state index is 0.0629. The molecule has 4 rings (SSSR count). The van der Waals surface area contributed by atoms with Crippen LogP contribution >= 0.6 is 11.6 Å². The van der Waals surface area contributed by atoms with E-state index in [0.717, 1.165) is 47.5 Å². The number of benzene rings is 3. The molecule has 218 valence electrons. The van der Waals surface area contributed by atoms with Crippen molar-refractivity contribution in [2.75, 3.05) is 10.8 Å². The normalized spacial score (nSPS) is 14.7. The van der Waals surface area contributed by atoms with Gasteiger partial charge in [0.2, 0.25) is 11.8 Å². The maximum Gasteiger partial charge on any atom is 0.264 e. The van der Waals surface area contributed by atoms with Crippen molar-refractivity contribution in [2.24, 2.45) is 0 Å². The van der Waals surface area contributed by atoms with E-state index in [9.17, 15) is 18.0 Å².